The van der Waals surface area contributed by atoms with Gasteiger partial charge in [0.25, 0.3) is 0 Å². The Kier molecular flexibility index (Phi) is 1.96. The Morgan fingerprint density at radius 3 is 2.85 bits per heavy atom. The molecule has 0 amide bonds. The number of halogens is 1. The molecule has 13 heavy (non-hydrogen) atoms. The van der Waals surface area contributed by atoms with E-state index in [1.807, 2.05) is 18.2 Å². The van der Waals surface area contributed by atoms with E-state index < -0.39 is 0 Å². The third-order valence-electron chi connectivity index (χ3n) is 2.09. The number of aryl methyl sites for hydroxylation is 1. The van der Waals surface area contributed by atoms with Crippen LogP contribution in [0.25, 0.3) is 10.1 Å². The van der Waals surface area contributed by atoms with Crippen LogP contribution in [-0.4, -0.2) is 7.11 Å². The molecule has 0 saturated carbocycles. The number of hydrogen-bond acceptors (Lipinski definition) is 2. The number of thiophene rings is 1. The molecule has 0 fully saturated rings. The van der Waals surface area contributed by atoms with Crippen molar-refractivity contribution >= 4 is 21.4 Å². The molecule has 0 N–H and O–H groups in total. The SMILES string of the molecule is COc1cccc2c(C)c(F)sc12. The van der Waals surface area contributed by atoms with E-state index in [-0.39, 0.29) is 5.13 Å². The second-order valence-corrected chi connectivity index (χ2v) is 3.81. The normalized spacial score (nSPS) is 10.7. The second-order valence-electron chi connectivity index (χ2n) is 2.84. The summed E-state index contributed by atoms with van der Waals surface area (Å²) in [5, 5.41) is 0.821. The van der Waals surface area contributed by atoms with Crippen molar-refractivity contribution < 1.29 is 9.13 Å². The Balaban J connectivity index is 2.84. The minimum atomic E-state index is -0.125. The van der Waals surface area contributed by atoms with Gasteiger partial charge in [-0.2, -0.15) is 4.39 Å². The van der Waals surface area contributed by atoms with Crippen molar-refractivity contribution in [2.45, 2.75) is 6.92 Å². The van der Waals surface area contributed by atoms with E-state index in [0.29, 0.717) is 5.56 Å². The number of ether oxygens (including phenoxy) is 1. The molecule has 1 aromatic heterocycles. The van der Waals surface area contributed by atoms with Crippen molar-refractivity contribution in [2.24, 2.45) is 0 Å². The maximum absolute atomic E-state index is 13.2. The van der Waals surface area contributed by atoms with Gasteiger partial charge in [-0.3, -0.25) is 0 Å². The van der Waals surface area contributed by atoms with Crippen LogP contribution in [-0.2, 0) is 0 Å². The van der Waals surface area contributed by atoms with E-state index in [2.05, 4.69) is 0 Å². The van der Waals surface area contributed by atoms with Crippen LogP contribution >= 0.6 is 11.3 Å². The zero-order chi connectivity index (χ0) is 9.42. The van der Waals surface area contributed by atoms with E-state index in [0.717, 1.165) is 27.2 Å². The molecule has 0 radical (unpaired) electrons. The van der Waals surface area contributed by atoms with Gasteiger partial charge in [-0.1, -0.05) is 12.1 Å². The van der Waals surface area contributed by atoms with Gasteiger partial charge >= 0.3 is 0 Å². The molecule has 3 heteroatoms. The van der Waals surface area contributed by atoms with Crippen LogP contribution in [0.2, 0.25) is 0 Å². The summed E-state index contributed by atoms with van der Waals surface area (Å²) in [6.07, 6.45) is 0. The fourth-order valence-corrected chi connectivity index (χ4v) is 2.37. The highest BCUT2D eigenvalue weighted by Gasteiger charge is 2.10. The smallest absolute Gasteiger partial charge is 0.180 e. The van der Waals surface area contributed by atoms with E-state index in [1.54, 1.807) is 14.0 Å². The van der Waals surface area contributed by atoms with Crippen molar-refractivity contribution in [3.63, 3.8) is 0 Å². The highest BCUT2D eigenvalue weighted by molar-refractivity contribution is 7.18. The predicted molar refractivity (Wildman–Crippen MR) is 53.1 cm³/mol. The summed E-state index contributed by atoms with van der Waals surface area (Å²) < 4.78 is 19.2. The highest BCUT2D eigenvalue weighted by Crippen LogP contribution is 2.35. The zero-order valence-electron chi connectivity index (χ0n) is 7.43. The quantitative estimate of drug-likeness (QED) is 0.679. The molecule has 0 aliphatic carbocycles. The molecule has 68 valence electrons. The summed E-state index contributed by atoms with van der Waals surface area (Å²) in [6, 6.07) is 5.63. The minimum absolute atomic E-state index is 0.125. The molecule has 0 saturated heterocycles. The van der Waals surface area contributed by atoms with Gasteiger partial charge in [0, 0.05) is 10.9 Å². The molecule has 0 unspecified atom stereocenters. The summed E-state index contributed by atoms with van der Waals surface area (Å²) in [6.45, 7) is 1.79. The molecule has 0 aliphatic heterocycles. The van der Waals surface area contributed by atoms with Gasteiger partial charge in [-0.25, -0.2) is 0 Å². The van der Waals surface area contributed by atoms with Crippen LogP contribution in [0.5, 0.6) is 5.75 Å². The lowest BCUT2D eigenvalue weighted by atomic mass is 10.2. The van der Waals surface area contributed by atoms with Gasteiger partial charge in [0.15, 0.2) is 5.13 Å². The Morgan fingerprint density at radius 1 is 1.38 bits per heavy atom. The monoisotopic (exact) mass is 196 g/mol. The Morgan fingerprint density at radius 2 is 2.15 bits per heavy atom. The number of benzene rings is 1. The largest absolute Gasteiger partial charge is 0.495 e. The summed E-state index contributed by atoms with van der Waals surface area (Å²) >= 11 is 1.14. The molecule has 2 rings (SSSR count). The molecule has 2 aromatic rings. The van der Waals surface area contributed by atoms with Crippen molar-refractivity contribution in [3.8, 4) is 5.75 Å². The topological polar surface area (TPSA) is 9.23 Å². The zero-order valence-corrected chi connectivity index (χ0v) is 8.24. The first kappa shape index (κ1) is 8.51. The Hall–Kier alpha value is -1.09. The average molecular weight is 196 g/mol. The Labute approximate surface area is 79.8 Å². The van der Waals surface area contributed by atoms with Crippen LogP contribution in [0.4, 0.5) is 4.39 Å². The summed E-state index contributed by atoms with van der Waals surface area (Å²) in [7, 11) is 1.60. The van der Waals surface area contributed by atoms with Gasteiger partial charge in [0.05, 0.1) is 11.8 Å². The summed E-state index contributed by atoms with van der Waals surface area (Å²) in [4.78, 5) is 0. The first-order valence-electron chi connectivity index (χ1n) is 3.95. The highest BCUT2D eigenvalue weighted by atomic mass is 32.1. The van der Waals surface area contributed by atoms with Gasteiger partial charge in [0.2, 0.25) is 0 Å². The van der Waals surface area contributed by atoms with Gasteiger partial charge in [-0.15, -0.1) is 11.3 Å². The molecular weight excluding hydrogens is 187 g/mol. The number of fused-ring (bicyclic) bond motifs is 1. The van der Waals surface area contributed by atoms with E-state index in [9.17, 15) is 4.39 Å². The van der Waals surface area contributed by atoms with Crippen molar-refractivity contribution in [3.05, 3.63) is 28.9 Å². The average Bonchev–Trinajstić information content (AvgIpc) is 2.43. The summed E-state index contributed by atoms with van der Waals surface area (Å²) in [5.74, 6) is 0.745. The fourth-order valence-electron chi connectivity index (χ4n) is 1.35. The lowest BCUT2D eigenvalue weighted by Crippen LogP contribution is -1.81. The fraction of sp³-hybridized carbons (Fsp3) is 0.200. The lowest BCUT2D eigenvalue weighted by Gasteiger charge is -1.99. The van der Waals surface area contributed by atoms with E-state index in [1.165, 1.54) is 0 Å². The van der Waals surface area contributed by atoms with E-state index >= 15 is 0 Å². The standard InChI is InChI=1S/C10H9FOS/c1-6-7-4-3-5-8(12-2)9(7)13-10(6)11/h3-5H,1-2H3. The first-order valence-corrected chi connectivity index (χ1v) is 4.77. The van der Waals surface area contributed by atoms with Crippen LogP contribution in [0.15, 0.2) is 18.2 Å². The second kappa shape index (κ2) is 3.00. The van der Waals surface area contributed by atoms with Gasteiger partial charge < -0.3 is 4.74 Å². The maximum Gasteiger partial charge on any atom is 0.180 e. The maximum atomic E-state index is 13.2. The Bertz CT molecular complexity index is 447. The molecule has 0 spiro atoms. The number of hydrogen-bond donors (Lipinski definition) is 0. The van der Waals surface area contributed by atoms with Crippen LogP contribution in [0.3, 0.4) is 0 Å². The molecule has 0 atom stereocenters. The van der Waals surface area contributed by atoms with Crippen molar-refractivity contribution in [2.75, 3.05) is 7.11 Å². The predicted octanol–water partition coefficient (Wildman–Crippen LogP) is 3.36. The van der Waals surface area contributed by atoms with Crippen LogP contribution in [0, 0.1) is 12.1 Å². The van der Waals surface area contributed by atoms with Crippen LogP contribution < -0.4 is 4.74 Å². The number of rotatable bonds is 1. The molecular formula is C10H9FOS. The third kappa shape index (κ3) is 1.20. The van der Waals surface area contributed by atoms with E-state index in [4.69, 9.17) is 4.74 Å². The molecule has 1 nitrogen and oxygen atoms in total. The van der Waals surface area contributed by atoms with Crippen LogP contribution in [0.1, 0.15) is 5.56 Å². The van der Waals surface area contributed by atoms with Crippen molar-refractivity contribution in [1.82, 2.24) is 0 Å². The van der Waals surface area contributed by atoms with Gasteiger partial charge in [-0.05, 0) is 13.0 Å². The number of methoxy groups -OCH3 is 1. The third-order valence-corrected chi connectivity index (χ3v) is 3.20. The summed E-state index contributed by atoms with van der Waals surface area (Å²) in [5.41, 5.74) is 0.707. The molecule has 0 bridgehead atoms. The molecule has 1 heterocycles. The van der Waals surface area contributed by atoms with Crippen molar-refractivity contribution in [1.29, 1.82) is 0 Å². The lowest BCUT2D eigenvalue weighted by molar-refractivity contribution is 0.420. The molecule has 0 aliphatic rings. The van der Waals surface area contributed by atoms with Gasteiger partial charge in [0.1, 0.15) is 5.75 Å². The minimum Gasteiger partial charge on any atom is -0.495 e. The molecule has 1 aromatic carbocycles. The first-order chi connectivity index (χ1) is 6.24.